The Kier molecular flexibility index (Phi) is 6.86. The minimum atomic E-state index is -0.469. The van der Waals surface area contributed by atoms with Crippen LogP contribution in [0.25, 0.3) is 0 Å². The lowest BCUT2D eigenvalue weighted by Gasteiger charge is -2.27. The van der Waals surface area contributed by atoms with Gasteiger partial charge >= 0.3 is 6.09 Å². The number of carbonyl (C=O) groups excluding carboxylic acids is 1. The molecule has 112 valence electrons. The van der Waals surface area contributed by atoms with Crippen molar-refractivity contribution < 1.29 is 9.53 Å². The predicted octanol–water partition coefficient (Wildman–Crippen LogP) is 4.10. The first kappa shape index (κ1) is 16.8. The van der Waals surface area contributed by atoms with Crippen LogP contribution < -0.4 is 0 Å². The maximum Gasteiger partial charge on any atom is 0.410 e. The third kappa shape index (κ3) is 6.80. The highest BCUT2D eigenvalue weighted by Crippen LogP contribution is 2.11. The maximum atomic E-state index is 12.1. The Balaban J connectivity index is 2.57. The van der Waals surface area contributed by atoms with Crippen LogP contribution in [-0.2, 0) is 11.2 Å². The van der Waals surface area contributed by atoms with Gasteiger partial charge in [-0.25, -0.2) is 4.79 Å². The number of carbonyl (C=O) groups is 1. The minimum Gasteiger partial charge on any atom is -0.444 e. The van der Waals surface area contributed by atoms with Crippen LogP contribution in [0.3, 0.4) is 0 Å². The Morgan fingerprint density at radius 2 is 1.85 bits per heavy atom. The van der Waals surface area contributed by atoms with E-state index in [1.165, 1.54) is 5.56 Å². The van der Waals surface area contributed by atoms with Crippen molar-refractivity contribution in [2.24, 2.45) is 0 Å². The minimum absolute atomic E-state index is 0.265. The molecule has 0 aliphatic heterocycles. The zero-order valence-corrected chi connectivity index (χ0v) is 13.3. The number of nitrogens with zero attached hydrogens (tertiary/aromatic N) is 1. The van der Waals surface area contributed by atoms with Gasteiger partial charge in [-0.1, -0.05) is 30.3 Å². The van der Waals surface area contributed by atoms with E-state index >= 15 is 0 Å². The summed E-state index contributed by atoms with van der Waals surface area (Å²) in [6.07, 6.45) is 1.33. The monoisotopic (exact) mass is 297 g/mol. The van der Waals surface area contributed by atoms with E-state index in [1.54, 1.807) is 4.90 Å². The van der Waals surface area contributed by atoms with E-state index in [2.05, 4.69) is 12.1 Å². The summed E-state index contributed by atoms with van der Waals surface area (Å²) in [4.78, 5) is 13.9. The molecule has 0 bridgehead atoms. The van der Waals surface area contributed by atoms with Gasteiger partial charge in [-0.15, -0.1) is 11.6 Å². The molecule has 0 saturated carbocycles. The van der Waals surface area contributed by atoms with E-state index in [1.807, 2.05) is 39.0 Å². The number of hydrogen-bond acceptors (Lipinski definition) is 2. The fourth-order valence-corrected chi connectivity index (χ4v) is 1.90. The molecule has 4 heteroatoms. The molecule has 0 fully saturated rings. The summed E-state index contributed by atoms with van der Waals surface area (Å²) >= 11 is 5.72. The van der Waals surface area contributed by atoms with Gasteiger partial charge in [0.05, 0.1) is 0 Å². The smallest absolute Gasteiger partial charge is 0.410 e. The number of rotatable bonds is 6. The lowest BCUT2D eigenvalue weighted by Crippen LogP contribution is -2.38. The van der Waals surface area contributed by atoms with E-state index in [-0.39, 0.29) is 6.09 Å². The number of alkyl halides is 1. The van der Waals surface area contributed by atoms with Gasteiger partial charge in [0.15, 0.2) is 0 Å². The quantitative estimate of drug-likeness (QED) is 0.740. The fraction of sp³-hybridized carbons (Fsp3) is 0.562. The van der Waals surface area contributed by atoms with Crippen molar-refractivity contribution in [1.82, 2.24) is 4.90 Å². The van der Waals surface area contributed by atoms with Crippen LogP contribution >= 0.6 is 11.6 Å². The normalized spacial score (nSPS) is 11.2. The third-order valence-corrected chi connectivity index (χ3v) is 2.99. The molecular weight excluding hydrogens is 274 g/mol. The van der Waals surface area contributed by atoms with Gasteiger partial charge in [-0.3, -0.25) is 0 Å². The highest BCUT2D eigenvalue weighted by atomic mass is 35.5. The largest absolute Gasteiger partial charge is 0.444 e. The predicted molar refractivity (Wildman–Crippen MR) is 83.3 cm³/mol. The Labute approximate surface area is 126 Å². The first-order chi connectivity index (χ1) is 9.42. The van der Waals surface area contributed by atoms with Crippen molar-refractivity contribution in [2.45, 2.75) is 39.2 Å². The molecule has 0 spiro atoms. The van der Waals surface area contributed by atoms with Crippen LogP contribution in [0.15, 0.2) is 30.3 Å². The molecular formula is C16H24ClNO2. The standard InChI is InChI=1S/C16H24ClNO2/c1-16(2,3)20-15(19)18(12-7-11-17)13-10-14-8-5-4-6-9-14/h4-6,8-9H,7,10-13H2,1-3H3. The molecule has 0 aliphatic rings. The Bertz CT molecular complexity index is 401. The van der Waals surface area contributed by atoms with E-state index in [9.17, 15) is 4.79 Å². The average molecular weight is 298 g/mol. The summed E-state index contributed by atoms with van der Waals surface area (Å²) in [5.41, 5.74) is 0.746. The number of hydrogen-bond donors (Lipinski definition) is 0. The summed E-state index contributed by atoms with van der Waals surface area (Å²) in [7, 11) is 0. The first-order valence-electron chi connectivity index (χ1n) is 7.00. The van der Waals surface area contributed by atoms with Gasteiger partial charge in [-0.05, 0) is 39.2 Å². The van der Waals surface area contributed by atoms with E-state index < -0.39 is 5.60 Å². The van der Waals surface area contributed by atoms with Crippen LogP contribution in [0.4, 0.5) is 4.79 Å². The average Bonchev–Trinajstić information content (AvgIpc) is 2.38. The summed E-state index contributed by atoms with van der Waals surface area (Å²) in [6, 6.07) is 10.1. The summed E-state index contributed by atoms with van der Waals surface area (Å²) in [5, 5.41) is 0. The SMILES string of the molecule is CC(C)(C)OC(=O)N(CCCCl)CCc1ccccc1. The van der Waals surface area contributed by atoms with Gasteiger partial charge in [0.25, 0.3) is 0 Å². The molecule has 0 heterocycles. The molecule has 0 unspecified atom stereocenters. The molecule has 0 aliphatic carbocycles. The van der Waals surface area contributed by atoms with Gasteiger partial charge < -0.3 is 9.64 Å². The van der Waals surface area contributed by atoms with Crippen molar-refractivity contribution in [3.63, 3.8) is 0 Å². The van der Waals surface area contributed by atoms with Gasteiger partial charge in [0, 0.05) is 19.0 Å². The van der Waals surface area contributed by atoms with Crippen molar-refractivity contribution in [2.75, 3.05) is 19.0 Å². The van der Waals surface area contributed by atoms with Crippen LogP contribution in [0.2, 0.25) is 0 Å². The lowest BCUT2D eigenvalue weighted by molar-refractivity contribution is 0.0252. The second-order valence-corrected chi connectivity index (χ2v) is 6.12. The molecule has 3 nitrogen and oxygen atoms in total. The first-order valence-corrected chi connectivity index (χ1v) is 7.53. The Morgan fingerprint density at radius 3 is 2.40 bits per heavy atom. The van der Waals surface area contributed by atoms with Crippen molar-refractivity contribution >= 4 is 17.7 Å². The maximum absolute atomic E-state index is 12.1. The molecule has 1 aromatic carbocycles. The zero-order valence-electron chi connectivity index (χ0n) is 12.6. The highest BCUT2D eigenvalue weighted by molar-refractivity contribution is 6.17. The van der Waals surface area contributed by atoms with Gasteiger partial charge in [0.2, 0.25) is 0 Å². The molecule has 20 heavy (non-hydrogen) atoms. The van der Waals surface area contributed by atoms with Crippen molar-refractivity contribution in [3.8, 4) is 0 Å². The molecule has 0 saturated heterocycles. The summed E-state index contributed by atoms with van der Waals surface area (Å²) in [6.45, 7) is 6.91. The lowest BCUT2D eigenvalue weighted by atomic mass is 10.1. The molecule has 1 aromatic rings. The van der Waals surface area contributed by atoms with E-state index in [4.69, 9.17) is 16.3 Å². The van der Waals surface area contributed by atoms with Gasteiger partial charge in [-0.2, -0.15) is 0 Å². The summed E-state index contributed by atoms with van der Waals surface area (Å²) in [5.74, 6) is 0.546. The number of ether oxygens (including phenoxy) is 1. The van der Waals surface area contributed by atoms with E-state index in [0.29, 0.717) is 19.0 Å². The van der Waals surface area contributed by atoms with Crippen molar-refractivity contribution in [1.29, 1.82) is 0 Å². The number of benzene rings is 1. The second kappa shape index (κ2) is 8.15. The third-order valence-electron chi connectivity index (χ3n) is 2.73. The number of halogens is 1. The summed E-state index contributed by atoms with van der Waals surface area (Å²) < 4.78 is 5.43. The topological polar surface area (TPSA) is 29.5 Å². The molecule has 0 atom stereocenters. The fourth-order valence-electron chi connectivity index (χ4n) is 1.78. The second-order valence-electron chi connectivity index (χ2n) is 5.75. The molecule has 0 radical (unpaired) electrons. The Morgan fingerprint density at radius 1 is 1.20 bits per heavy atom. The van der Waals surface area contributed by atoms with Crippen LogP contribution in [0.1, 0.15) is 32.8 Å². The van der Waals surface area contributed by atoms with Crippen LogP contribution in [-0.4, -0.2) is 35.6 Å². The molecule has 0 N–H and O–H groups in total. The van der Waals surface area contributed by atoms with Crippen LogP contribution in [0.5, 0.6) is 0 Å². The molecule has 1 rings (SSSR count). The Hall–Kier alpha value is -1.22. The zero-order chi connectivity index (χ0) is 15.0. The van der Waals surface area contributed by atoms with E-state index in [0.717, 1.165) is 12.8 Å². The molecule has 0 aromatic heterocycles. The molecule has 1 amide bonds. The number of amides is 1. The highest BCUT2D eigenvalue weighted by Gasteiger charge is 2.21. The van der Waals surface area contributed by atoms with Gasteiger partial charge in [0.1, 0.15) is 5.60 Å². The van der Waals surface area contributed by atoms with Crippen molar-refractivity contribution in [3.05, 3.63) is 35.9 Å². The van der Waals surface area contributed by atoms with Crippen LogP contribution in [0, 0.1) is 0 Å².